The summed E-state index contributed by atoms with van der Waals surface area (Å²) < 4.78 is 15.8. The van der Waals surface area contributed by atoms with Gasteiger partial charge in [-0.25, -0.2) is 4.79 Å². The van der Waals surface area contributed by atoms with Crippen molar-refractivity contribution in [3.05, 3.63) is 60.5 Å². The average Bonchev–Trinajstić information content (AvgIpc) is 3.21. The van der Waals surface area contributed by atoms with Gasteiger partial charge in [0.05, 0.1) is 26.2 Å². The van der Waals surface area contributed by atoms with Crippen LogP contribution in [0.4, 0.5) is 10.5 Å². The second-order valence-corrected chi connectivity index (χ2v) is 5.36. The highest BCUT2D eigenvalue weighted by Gasteiger charge is 2.12. The van der Waals surface area contributed by atoms with Crippen LogP contribution in [0.15, 0.2) is 59.3 Å². The minimum atomic E-state index is -0.359. The fraction of sp³-hybridized carbons (Fsp3) is 0.158. The predicted octanol–water partition coefficient (Wildman–Crippen LogP) is 3.68. The highest BCUT2D eigenvalue weighted by atomic mass is 16.5. The van der Waals surface area contributed by atoms with Crippen molar-refractivity contribution >= 4 is 11.7 Å². The molecule has 0 bridgehead atoms. The van der Waals surface area contributed by atoms with Crippen molar-refractivity contribution in [3.63, 3.8) is 0 Å². The Morgan fingerprint density at radius 3 is 2.77 bits per heavy atom. The molecule has 2 amide bonds. The van der Waals surface area contributed by atoms with Gasteiger partial charge in [0, 0.05) is 24.4 Å². The Kier molecular flexibility index (Phi) is 5.38. The molecule has 26 heavy (non-hydrogen) atoms. The van der Waals surface area contributed by atoms with Gasteiger partial charge in [-0.05, 0) is 30.3 Å². The molecule has 134 valence electrons. The Morgan fingerprint density at radius 1 is 1.15 bits per heavy atom. The molecule has 1 aromatic carbocycles. The van der Waals surface area contributed by atoms with Crippen molar-refractivity contribution in [1.29, 1.82) is 0 Å². The summed E-state index contributed by atoms with van der Waals surface area (Å²) in [5.41, 5.74) is 2.09. The van der Waals surface area contributed by atoms with Gasteiger partial charge in [-0.2, -0.15) is 0 Å². The number of methoxy groups -OCH3 is 2. The van der Waals surface area contributed by atoms with Gasteiger partial charge in [0.2, 0.25) is 0 Å². The van der Waals surface area contributed by atoms with Crippen LogP contribution in [0, 0.1) is 0 Å². The highest BCUT2D eigenvalue weighted by Crippen LogP contribution is 2.29. The lowest BCUT2D eigenvalue weighted by Gasteiger charge is -2.13. The Hall–Kier alpha value is -3.48. The summed E-state index contributed by atoms with van der Waals surface area (Å²) in [6.45, 7) is 0.300. The summed E-state index contributed by atoms with van der Waals surface area (Å²) in [5, 5.41) is 5.57. The average molecular weight is 353 g/mol. The Bertz CT molecular complexity index is 878. The molecule has 0 atom stereocenters. The standard InChI is InChI=1S/C19H19N3O4/c1-24-14-7-8-15(17(11-14)25-2)22-19(23)21-12-13-5-3-9-20-18(13)16-6-4-10-26-16/h3-11H,12H2,1-2H3,(H2,21,22,23). The zero-order valence-corrected chi connectivity index (χ0v) is 14.5. The molecule has 0 fully saturated rings. The zero-order valence-electron chi connectivity index (χ0n) is 14.5. The first-order chi connectivity index (χ1) is 12.7. The summed E-state index contributed by atoms with van der Waals surface area (Å²) in [5.74, 6) is 1.81. The van der Waals surface area contributed by atoms with E-state index in [0.717, 1.165) is 5.56 Å². The minimum absolute atomic E-state index is 0.300. The number of anilines is 1. The third-order valence-electron chi connectivity index (χ3n) is 3.74. The smallest absolute Gasteiger partial charge is 0.319 e. The molecule has 0 spiro atoms. The van der Waals surface area contributed by atoms with E-state index in [1.54, 1.807) is 43.8 Å². The van der Waals surface area contributed by atoms with Gasteiger partial charge in [0.1, 0.15) is 17.2 Å². The maximum Gasteiger partial charge on any atom is 0.319 e. The zero-order chi connectivity index (χ0) is 18.4. The maximum atomic E-state index is 12.3. The van der Waals surface area contributed by atoms with E-state index in [1.807, 2.05) is 18.2 Å². The largest absolute Gasteiger partial charge is 0.497 e. The normalized spacial score (nSPS) is 10.2. The molecule has 3 rings (SSSR count). The third kappa shape index (κ3) is 3.94. The fourth-order valence-electron chi connectivity index (χ4n) is 2.46. The summed E-state index contributed by atoms with van der Waals surface area (Å²) in [6, 6.07) is 12.1. The number of nitrogens with zero attached hydrogens (tertiary/aromatic N) is 1. The second kappa shape index (κ2) is 8.06. The van der Waals surface area contributed by atoms with Gasteiger partial charge >= 0.3 is 6.03 Å². The van der Waals surface area contributed by atoms with E-state index in [1.165, 1.54) is 7.11 Å². The van der Waals surface area contributed by atoms with Crippen molar-refractivity contribution in [1.82, 2.24) is 10.3 Å². The number of rotatable bonds is 6. The van der Waals surface area contributed by atoms with E-state index in [2.05, 4.69) is 15.6 Å². The van der Waals surface area contributed by atoms with Crippen LogP contribution in [0.3, 0.4) is 0 Å². The number of amides is 2. The molecule has 2 N–H and O–H groups in total. The van der Waals surface area contributed by atoms with Gasteiger partial charge < -0.3 is 24.5 Å². The highest BCUT2D eigenvalue weighted by molar-refractivity contribution is 5.91. The Labute approximate surface area is 151 Å². The molecule has 0 aliphatic carbocycles. The van der Waals surface area contributed by atoms with Crippen LogP contribution in [0.25, 0.3) is 11.5 Å². The predicted molar refractivity (Wildman–Crippen MR) is 97.3 cm³/mol. The van der Waals surface area contributed by atoms with Crippen molar-refractivity contribution in [2.45, 2.75) is 6.54 Å². The minimum Gasteiger partial charge on any atom is -0.497 e. The number of hydrogen-bond donors (Lipinski definition) is 2. The number of benzene rings is 1. The molecule has 0 unspecified atom stereocenters. The molecule has 7 nitrogen and oxygen atoms in total. The van der Waals surface area contributed by atoms with Crippen LogP contribution in [0.5, 0.6) is 11.5 Å². The van der Waals surface area contributed by atoms with Crippen LogP contribution < -0.4 is 20.1 Å². The SMILES string of the molecule is COc1ccc(NC(=O)NCc2cccnc2-c2ccco2)c(OC)c1. The lowest BCUT2D eigenvalue weighted by atomic mass is 10.1. The van der Waals surface area contributed by atoms with Crippen molar-refractivity contribution in [3.8, 4) is 23.0 Å². The number of carbonyl (C=O) groups is 1. The summed E-state index contributed by atoms with van der Waals surface area (Å²) in [4.78, 5) is 16.6. The Balaban J connectivity index is 1.67. The van der Waals surface area contributed by atoms with Gasteiger partial charge in [0.25, 0.3) is 0 Å². The van der Waals surface area contributed by atoms with Crippen LogP contribution in [-0.2, 0) is 6.54 Å². The molecule has 0 saturated carbocycles. The molecule has 2 aromatic heterocycles. The van der Waals surface area contributed by atoms with Crippen molar-refractivity contribution in [2.24, 2.45) is 0 Å². The number of urea groups is 1. The number of pyridine rings is 1. The third-order valence-corrected chi connectivity index (χ3v) is 3.74. The molecular formula is C19H19N3O4. The second-order valence-electron chi connectivity index (χ2n) is 5.36. The molecule has 2 heterocycles. The van der Waals surface area contributed by atoms with E-state index in [-0.39, 0.29) is 6.03 Å². The monoisotopic (exact) mass is 353 g/mol. The summed E-state index contributed by atoms with van der Waals surface area (Å²) in [7, 11) is 3.10. The van der Waals surface area contributed by atoms with E-state index in [4.69, 9.17) is 13.9 Å². The van der Waals surface area contributed by atoms with Crippen LogP contribution in [-0.4, -0.2) is 25.2 Å². The fourth-order valence-corrected chi connectivity index (χ4v) is 2.46. The number of hydrogen-bond acceptors (Lipinski definition) is 5. The van der Waals surface area contributed by atoms with Crippen molar-refractivity contribution in [2.75, 3.05) is 19.5 Å². The Morgan fingerprint density at radius 2 is 2.04 bits per heavy atom. The lowest BCUT2D eigenvalue weighted by molar-refractivity contribution is 0.251. The number of ether oxygens (including phenoxy) is 2. The first kappa shape index (κ1) is 17.3. The van der Waals surface area contributed by atoms with Gasteiger partial charge in [-0.1, -0.05) is 6.07 Å². The summed E-state index contributed by atoms with van der Waals surface area (Å²) >= 11 is 0. The van der Waals surface area contributed by atoms with E-state index in [0.29, 0.717) is 35.2 Å². The number of nitrogens with one attached hydrogen (secondary N) is 2. The number of aromatic nitrogens is 1. The first-order valence-corrected chi connectivity index (χ1v) is 7.96. The summed E-state index contributed by atoms with van der Waals surface area (Å²) in [6.07, 6.45) is 3.27. The van der Waals surface area contributed by atoms with Gasteiger partial charge in [0.15, 0.2) is 5.76 Å². The first-order valence-electron chi connectivity index (χ1n) is 7.96. The molecule has 0 radical (unpaired) electrons. The van der Waals surface area contributed by atoms with Crippen LogP contribution in [0.2, 0.25) is 0 Å². The van der Waals surface area contributed by atoms with E-state index >= 15 is 0 Å². The molecule has 0 saturated heterocycles. The van der Waals surface area contributed by atoms with Crippen LogP contribution >= 0.6 is 0 Å². The number of furan rings is 1. The number of carbonyl (C=O) groups excluding carboxylic acids is 1. The quantitative estimate of drug-likeness (QED) is 0.706. The molecular weight excluding hydrogens is 334 g/mol. The molecule has 0 aliphatic heterocycles. The molecule has 7 heteroatoms. The molecule has 0 aliphatic rings. The molecule has 3 aromatic rings. The van der Waals surface area contributed by atoms with Crippen molar-refractivity contribution < 1.29 is 18.7 Å². The van der Waals surface area contributed by atoms with Gasteiger partial charge in [-0.3, -0.25) is 4.98 Å². The topological polar surface area (TPSA) is 85.6 Å². The van der Waals surface area contributed by atoms with E-state index < -0.39 is 0 Å². The van der Waals surface area contributed by atoms with E-state index in [9.17, 15) is 4.79 Å². The lowest BCUT2D eigenvalue weighted by Crippen LogP contribution is -2.28. The van der Waals surface area contributed by atoms with Gasteiger partial charge in [-0.15, -0.1) is 0 Å². The maximum absolute atomic E-state index is 12.3. The van der Waals surface area contributed by atoms with Crippen LogP contribution in [0.1, 0.15) is 5.56 Å².